The summed E-state index contributed by atoms with van der Waals surface area (Å²) in [6.45, 7) is 12.3. The van der Waals surface area contributed by atoms with Crippen LogP contribution in [0.4, 0.5) is 0 Å². The fraction of sp³-hybridized carbons (Fsp3) is 0.857. The second-order valence-corrected chi connectivity index (χ2v) is 15.1. The van der Waals surface area contributed by atoms with E-state index >= 15 is 0 Å². The zero-order chi connectivity index (χ0) is 29.1. The number of aldehydes is 1. The smallest absolute Gasteiger partial charge is 0.306 e. The number of aliphatic carboxylic acids is 1. The predicted molar refractivity (Wildman–Crippen MR) is 159 cm³/mol. The Morgan fingerprint density at radius 3 is 2.45 bits per heavy atom. The largest absolute Gasteiger partial charge is 0.481 e. The van der Waals surface area contributed by atoms with E-state index in [0.29, 0.717) is 30.6 Å². The van der Waals surface area contributed by atoms with E-state index in [1.807, 2.05) is 0 Å². The number of carbonyl (C=O) groups is 3. The lowest BCUT2D eigenvalue weighted by atomic mass is 9.46. The fourth-order valence-corrected chi connectivity index (χ4v) is 10.0. The molecule has 0 bridgehead atoms. The Balaban J connectivity index is 1.43. The number of carboxylic acid groups (broad SMARTS) is 1. The molecular weight excluding hydrogens is 500 g/mol. The average molecular weight is 557 g/mol. The Bertz CT molecular complexity index is 953. The highest BCUT2D eigenvalue weighted by Gasteiger charge is 2.60. The number of carbonyl (C=O) groups excluding carboxylic acids is 2. The molecule has 4 aliphatic carbocycles. The molecule has 0 radical (unpaired) electrons. The number of ether oxygens (including phenoxy) is 1. The Kier molecular flexibility index (Phi) is 9.93. The second kappa shape index (κ2) is 12.7. The molecule has 1 unspecified atom stereocenters. The Labute approximate surface area is 243 Å². The number of carboxylic acids is 1. The predicted octanol–water partition coefficient (Wildman–Crippen LogP) is 8.54. The summed E-state index contributed by atoms with van der Waals surface area (Å²) in [5.74, 6) is 3.57. The summed E-state index contributed by atoms with van der Waals surface area (Å²) in [6.07, 6.45) is 17.9. The van der Waals surface area contributed by atoms with Crippen LogP contribution in [0.1, 0.15) is 137 Å². The van der Waals surface area contributed by atoms with Gasteiger partial charge in [0.25, 0.3) is 0 Å². The third kappa shape index (κ3) is 6.38. The first kappa shape index (κ1) is 31.3. The number of rotatable bonds is 13. The molecule has 4 rings (SSSR count). The number of unbranched alkanes of at least 4 members (excludes halogenated alkanes) is 1. The van der Waals surface area contributed by atoms with Crippen molar-refractivity contribution in [3.8, 4) is 0 Å². The minimum Gasteiger partial charge on any atom is -0.481 e. The Hall–Kier alpha value is -1.65. The molecule has 0 aliphatic heterocycles. The topological polar surface area (TPSA) is 80.7 Å². The maximum Gasteiger partial charge on any atom is 0.306 e. The van der Waals surface area contributed by atoms with Gasteiger partial charge in [-0.25, -0.2) is 0 Å². The van der Waals surface area contributed by atoms with Crippen molar-refractivity contribution in [3.63, 3.8) is 0 Å². The molecule has 226 valence electrons. The van der Waals surface area contributed by atoms with Crippen LogP contribution in [-0.2, 0) is 19.1 Å². The summed E-state index contributed by atoms with van der Waals surface area (Å²) in [5, 5.41) is 8.86. The minimum absolute atomic E-state index is 0.0678. The van der Waals surface area contributed by atoms with E-state index in [1.165, 1.54) is 50.5 Å². The highest BCUT2D eigenvalue weighted by molar-refractivity contribution is 5.71. The quantitative estimate of drug-likeness (QED) is 0.106. The van der Waals surface area contributed by atoms with Crippen LogP contribution in [0, 0.1) is 46.3 Å². The molecule has 1 N–H and O–H groups in total. The van der Waals surface area contributed by atoms with Crippen LogP contribution in [0.15, 0.2) is 11.6 Å². The van der Waals surface area contributed by atoms with Gasteiger partial charge in [-0.2, -0.15) is 0 Å². The number of allylic oxidation sites excluding steroid dienone is 1. The van der Waals surface area contributed by atoms with Gasteiger partial charge in [-0.15, -0.1) is 0 Å². The molecule has 3 fully saturated rings. The van der Waals surface area contributed by atoms with Crippen LogP contribution in [0.2, 0.25) is 0 Å². The lowest BCUT2D eigenvalue weighted by Gasteiger charge is -2.59. The Morgan fingerprint density at radius 1 is 1.00 bits per heavy atom. The summed E-state index contributed by atoms with van der Waals surface area (Å²) in [6, 6.07) is 0. The zero-order valence-corrected chi connectivity index (χ0v) is 26.0. The molecule has 40 heavy (non-hydrogen) atoms. The van der Waals surface area contributed by atoms with Gasteiger partial charge in [0.2, 0.25) is 0 Å². The molecule has 0 aromatic rings. The molecule has 0 spiro atoms. The molecule has 0 heterocycles. The lowest BCUT2D eigenvalue weighted by molar-refractivity contribution is -0.166. The zero-order valence-electron chi connectivity index (χ0n) is 26.0. The van der Waals surface area contributed by atoms with E-state index in [-0.39, 0.29) is 30.6 Å². The third-order valence-corrected chi connectivity index (χ3v) is 12.2. The fourth-order valence-electron chi connectivity index (χ4n) is 10.0. The lowest BCUT2D eigenvalue weighted by Crippen LogP contribution is -2.53. The molecule has 0 aromatic carbocycles. The summed E-state index contributed by atoms with van der Waals surface area (Å²) < 4.78 is 6.07. The van der Waals surface area contributed by atoms with Crippen LogP contribution >= 0.6 is 0 Å². The molecule has 5 heteroatoms. The summed E-state index contributed by atoms with van der Waals surface area (Å²) in [7, 11) is 0. The number of hydrogen-bond donors (Lipinski definition) is 1. The first-order valence-electron chi connectivity index (χ1n) is 16.5. The molecule has 5 nitrogen and oxygen atoms in total. The standard InChI is InChI=1S/C35H56O5/c1-24(2)9-8-10-25(3)28-15-16-29-27-14-13-26-23-35(21-22-36,40-32(39)12-7-6-11-31(37)38)20-19-33(26,4)30(27)17-18-34(28,29)5/h13,22,24-25,27-30H,6-12,14-21,23H2,1-5H3,(H,37,38)/t25-,27+,28-,29+,30+,33+,34-,35?/m1/s1. The van der Waals surface area contributed by atoms with Crippen LogP contribution in [0.5, 0.6) is 0 Å². The average Bonchev–Trinajstić information content (AvgIpc) is 3.24. The molecule has 0 saturated heterocycles. The first-order chi connectivity index (χ1) is 18.9. The van der Waals surface area contributed by atoms with Gasteiger partial charge in [-0.3, -0.25) is 9.59 Å². The van der Waals surface area contributed by atoms with Crippen molar-refractivity contribution in [2.45, 2.75) is 143 Å². The maximum atomic E-state index is 12.7. The molecule has 4 aliphatic rings. The van der Waals surface area contributed by atoms with E-state index in [0.717, 1.165) is 55.1 Å². The van der Waals surface area contributed by atoms with Crippen LogP contribution in [0.3, 0.4) is 0 Å². The van der Waals surface area contributed by atoms with Gasteiger partial charge >= 0.3 is 11.9 Å². The van der Waals surface area contributed by atoms with E-state index in [9.17, 15) is 14.4 Å². The normalized spacial score (nSPS) is 37.6. The molecule has 3 saturated carbocycles. The highest BCUT2D eigenvalue weighted by atomic mass is 16.6. The van der Waals surface area contributed by atoms with Gasteiger partial charge in [-0.1, -0.05) is 65.5 Å². The maximum absolute atomic E-state index is 12.7. The Morgan fingerprint density at radius 2 is 1.75 bits per heavy atom. The molecular formula is C35H56O5. The summed E-state index contributed by atoms with van der Waals surface area (Å²) in [4.78, 5) is 35.3. The second-order valence-electron chi connectivity index (χ2n) is 15.1. The third-order valence-electron chi connectivity index (χ3n) is 12.2. The number of hydrogen-bond acceptors (Lipinski definition) is 4. The van der Waals surface area contributed by atoms with Gasteiger partial charge in [0, 0.05) is 25.7 Å². The SMILES string of the molecule is CC(C)CCC[C@@H](C)[C@H]1CC[C@H]2[C@@H]3CC=C4CC(CC=O)(OC(=O)CCCCC(=O)O)CC[C@]4(C)[C@H]3CC[C@]12C. The number of esters is 1. The van der Waals surface area contributed by atoms with Crippen molar-refractivity contribution in [1.82, 2.24) is 0 Å². The van der Waals surface area contributed by atoms with Crippen molar-refractivity contribution in [2.24, 2.45) is 46.3 Å². The van der Waals surface area contributed by atoms with E-state index < -0.39 is 11.6 Å². The van der Waals surface area contributed by atoms with Gasteiger partial charge in [0.1, 0.15) is 11.9 Å². The van der Waals surface area contributed by atoms with Crippen molar-refractivity contribution in [2.75, 3.05) is 0 Å². The molecule has 0 aromatic heterocycles. The van der Waals surface area contributed by atoms with Gasteiger partial charge in [-0.05, 0) is 104 Å². The van der Waals surface area contributed by atoms with E-state index in [4.69, 9.17) is 9.84 Å². The van der Waals surface area contributed by atoms with Crippen molar-refractivity contribution >= 4 is 18.2 Å². The van der Waals surface area contributed by atoms with Crippen molar-refractivity contribution < 1.29 is 24.2 Å². The van der Waals surface area contributed by atoms with Crippen molar-refractivity contribution in [3.05, 3.63) is 11.6 Å². The van der Waals surface area contributed by atoms with Crippen LogP contribution < -0.4 is 0 Å². The monoisotopic (exact) mass is 556 g/mol. The summed E-state index contributed by atoms with van der Waals surface area (Å²) in [5.41, 5.74) is 1.27. The van der Waals surface area contributed by atoms with Crippen LogP contribution in [-0.4, -0.2) is 28.9 Å². The van der Waals surface area contributed by atoms with Crippen LogP contribution in [0.25, 0.3) is 0 Å². The highest BCUT2D eigenvalue weighted by Crippen LogP contribution is 2.68. The van der Waals surface area contributed by atoms with Gasteiger partial charge < -0.3 is 14.6 Å². The van der Waals surface area contributed by atoms with Gasteiger partial charge in [0.05, 0.1) is 0 Å². The summed E-state index contributed by atoms with van der Waals surface area (Å²) >= 11 is 0. The first-order valence-corrected chi connectivity index (χ1v) is 16.5. The molecule has 8 atom stereocenters. The van der Waals surface area contributed by atoms with Crippen molar-refractivity contribution in [1.29, 1.82) is 0 Å². The number of fused-ring (bicyclic) bond motifs is 5. The van der Waals surface area contributed by atoms with E-state index in [2.05, 4.69) is 40.7 Å². The van der Waals surface area contributed by atoms with E-state index in [1.54, 1.807) is 0 Å². The minimum atomic E-state index is -0.841. The molecule has 0 amide bonds. The van der Waals surface area contributed by atoms with Gasteiger partial charge in [0.15, 0.2) is 0 Å².